The van der Waals surface area contributed by atoms with Gasteiger partial charge in [-0.3, -0.25) is 24.0 Å². The van der Waals surface area contributed by atoms with E-state index in [1.54, 1.807) is 32.9 Å². The van der Waals surface area contributed by atoms with Crippen molar-refractivity contribution in [2.24, 2.45) is 11.3 Å². The van der Waals surface area contributed by atoms with E-state index < -0.39 is 65.6 Å². The number of rotatable bonds is 14. The van der Waals surface area contributed by atoms with E-state index in [4.69, 9.17) is 9.15 Å². The van der Waals surface area contributed by atoms with Crippen LogP contribution in [0.1, 0.15) is 100 Å². The molecule has 1 aromatic heterocycles. The highest BCUT2D eigenvalue weighted by Crippen LogP contribution is 2.26. The zero-order valence-corrected chi connectivity index (χ0v) is 30.4. The number of carbonyl (C=O) groups is 6. The summed E-state index contributed by atoms with van der Waals surface area (Å²) >= 11 is 0. The van der Waals surface area contributed by atoms with Crippen molar-refractivity contribution in [1.82, 2.24) is 26.2 Å². The van der Waals surface area contributed by atoms with Crippen molar-refractivity contribution >= 4 is 35.5 Å². The maximum Gasteiger partial charge on any atom is 0.325 e. The number of esters is 1. The topological polar surface area (TPSA) is 176 Å². The second-order valence-electron chi connectivity index (χ2n) is 13.2. The Hall–Kier alpha value is -4.16. The molecule has 1 aliphatic rings. The van der Waals surface area contributed by atoms with Gasteiger partial charge in [0.2, 0.25) is 17.6 Å². The Labute approximate surface area is 286 Å². The largest absolute Gasteiger partial charge is 0.466 e. The first-order chi connectivity index (χ1) is 22.5. The van der Waals surface area contributed by atoms with Crippen LogP contribution in [0.4, 0.5) is 4.79 Å². The number of amides is 5. The molecular weight excluding hydrogens is 618 g/mol. The highest BCUT2D eigenvalue weighted by atomic mass is 16.5. The van der Waals surface area contributed by atoms with Crippen LogP contribution in [0.25, 0.3) is 0 Å². The summed E-state index contributed by atoms with van der Waals surface area (Å²) < 4.78 is 10.1. The van der Waals surface area contributed by atoms with Gasteiger partial charge >= 0.3 is 12.0 Å². The van der Waals surface area contributed by atoms with Gasteiger partial charge in [-0.15, -0.1) is 6.58 Å². The summed E-state index contributed by atoms with van der Waals surface area (Å²) in [7, 11) is 0. The van der Waals surface area contributed by atoms with Crippen molar-refractivity contribution in [3.8, 4) is 0 Å². The number of Topliss-reactive ketones (excluding diaryl/α,β-unsaturated/α-hetero) is 1. The van der Waals surface area contributed by atoms with Crippen LogP contribution in [0.3, 0.4) is 0 Å². The lowest BCUT2D eigenvalue weighted by molar-refractivity contribution is -0.144. The minimum absolute atomic E-state index is 0.0825. The van der Waals surface area contributed by atoms with Gasteiger partial charge in [0, 0.05) is 13.1 Å². The maximum atomic E-state index is 13.6. The quantitative estimate of drug-likeness (QED) is 0.128. The zero-order valence-electron chi connectivity index (χ0n) is 30.4. The predicted molar refractivity (Wildman–Crippen MR) is 185 cm³/mol. The summed E-state index contributed by atoms with van der Waals surface area (Å²) in [6, 6.07) is -0.413. The first-order valence-electron chi connectivity index (χ1n) is 16.8. The number of nitrogens with one attached hydrogen (secondary N) is 4. The molecule has 13 nitrogen and oxygen atoms in total. The fraction of sp³-hybridized carbons (Fsp3) is 0.657. The van der Waals surface area contributed by atoms with E-state index in [1.165, 1.54) is 23.7 Å². The first kappa shape index (κ1) is 43.8. The molecule has 0 saturated carbocycles. The molecule has 1 aromatic rings. The van der Waals surface area contributed by atoms with Crippen molar-refractivity contribution < 1.29 is 37.9 Å². The second kappa shape index (κ2) is 23.2. The lowest BCUT2D eigenvalue weighted by atomic mass is 9.85. The number of furan rings is 1. The molecule has 2 heterocycles. The molecular formula is C35H59N5O8. The number of nitrogens with zero attached hydrogens (tertiary/aromatic N) is 1. The van der Waals surface area contributed by atoms with Gasteiger partial charge in [-0.1, -0.05) is 81.2 Å². The third-order valence-corrected chi connectivity index (χ3v) is 6.42. The molecule has 3 atom stereocenters. The van der Waals surface area contributed by atoms with Gasteiger partial charge < -0.3 is 35.3 Å². The molecule has 48 heavy (non-hydrogen) atoms. The normalized spacial score (nSPS) is 15.0. The van der Waals surface area contributed by atoms with E-state index in [0.29, 0.717) is 25.0 Å². The molecule has 13 heteroatoms. The lowest BCUT2D eigenvalue weighted by Crippen LogP contribution is -2.60. The summed E-state index contributed by atoms with van der Waals surface area (Å²) in [5.41, 5.74) is -0.748. The SMILES string of the molecule is C=CCNC(=O)C(=O)C(CCC)NC(=O)C1CCCN1C(=O)C(NC(=O)NCC(=O)OCc1ccco1)C(C)(C)C.CC(C)C.CCC. The third kappa shape index (κ3) is 17.1. The van der Waals surface area contributed by atoms with Crippen LogP contribution in [0.2, 0.25) is 0 Å². The fourth-order valence-corrected chi connectivity index (χ4v) is 4.29. The maximum absolute atomic E-state index is 13.6. The standard InChI is InChI=1S/C28H41N5O8.C4H10.C3H8/c1-6-10-19(22(35)25(37)29-13-7-2)31-24(36)20-12-8-14-33(20)26(38)23(28(3,4)5)32-27(39)30-16-21(34)41-17-18-11-9-15-40-18;1-4(2)3;1-3-2/h7,9,11,15,19-20,23H,2,6,8,10,12-14,16-17H2,1,3-5H3,(H,29,37)(H,31,36)(H2,30,32,39);4H,1-3H3;3H2,1-2H3. The molecule has 0 radical (unpaired) electrons. The van der Waals surface area contributed by atoms with Crippen LogP contribution in [-0.2, 0) is 35.3 Å². The number of ether oxygens (including phenoxy) is 1. The van der Waals surface area contributed by atoms with Crippen molar-refractivity contribution in [2.75, 3.05) is 19.6 Å². The van der Waals surface area contributed by atoms with Gasteiger partial charge in [0.05, 0.1) is 12.3 Å². The Kier molecular flexibility index (Phi) is 21.2. The molecule has 1 aliphatic heterocycles. The molecule has 272 valence electrons. The summed E-state index contributed by atoms with van der Waals surface area (Å²) in [4.78, 5) is 77.7. The average Bonchev–Trinajstić information content (AvgIpc) is 3.72. The number of likely N-dealkylation sites (tertiary alicyclic amines) is 1. The predicted octanol–water partition coefficient (Wildman–Crippen LogP) is 4.26. The molecule has 0 aromatic carbocycles. The van der Waals surface area contributed by atoms with Crippen LogP contribution in [0.5, 0.6) is 0 Å². The number of carbonyl (C=O) groups excluding carboxylic acids is 6. The fourth-order valence-electron chi connectivity index (χ4n) is 4.29. The average molecular weight is 678 g/mol. The van der Waals surface area contributed by atoms with E-state index in [-0.39, 0.29) is 26.1 Å². The van der Waals surface area contributed by atoms with Crippen LogP contribution in [0.15, 0.2) is 35.5 Å². The van der Waals surface area contributed by atoms with Gasteiger partial charge in [0.25, 0.3) is 5.91 Å². The number of ketones is 1. The van der Waals surface area contributed by atoms with Gasteiger partial charge in [-0.05, 0) is 42.7 Å². The highest BCUT2D eigenvalue weighted by Gasteiger charge is 2.42. The number of hydrogen-bond acceptors (Lipinski definition) is 8. The van der Waals surface area contributed by atoms with Crippen LogP contribution < -0.4 is 21.3 Å². The summed E-state index contributed by atoms with van der Waals surface area (Å²) in [5, 5.41) is 10.1. The summed E-state index contributed by atoms with van der Waals surface area (Å²) in [5.74, 6) is -2.03. The van der Waals surface area contributed by atoms with Gasteiger partial charge in [-0.25, -0.2) is 4.79 Å². The van der Waals surface area contributed by atoms with Gasteiger partial charge in [-0.2, -0.15) is 0 Å². The van der Waals surface area contributed by atoms with Crippen LogP contribution >= 0.6 is 0 Å². The monoisotopic (exact) mass is 677 g/mol. The number of hydrogen-bond donors (Lipinski definition) is 4. The Morgan fingerprint density at radius 2 is 1.69 bits per heavy atom. The molecule has 5 amide bonds. The highest BCUT2D eigenvalue weighted by molar-refractivity contribution is 6.38. The Morgan fingerprint density at radius 1 is 1.06 bits per heavy atom. The van der Waals surface area contributed by atoms with E-state index in [9.17, 15) is 28.8 Å². The van der Waals surface area contributed by atoms with Crippen molar-refractivity contribution in [2.45, 2.75) is 119 Å². The minimum Gasteiger partial charge on any atom is -0.466 e. The molecule has 0 spiro atoms. The molecule has 0 bridgehead atoms. The van der Waals surface area contributed by atoms with Crippen molar-refractivity contribution in [1.29, 1.82) is 0 Å². The summed E-state index contributed by atoms with van der Waals surface area (Å²) in [6.07, 6.45) is 5.83. The molecule has 4 N–H and O–H groups in total. The number of urea groups is 1. The second-order valence-corrected chi connectivity index (χ2v) is 13.2. The Balaban J connectivity index is 0.00000287. The summed E-state index contributed by atoms with van der Waals surface area (Å²) in [6.45, 7) is 21.2. The Bertz CT molecular complexity index is 1160. The molecule has 3 unspecified atom stereocenters. The molecule has 1 saturated heterocycles. The molecule has 0 aliphatic carbocycles. The first-order valence-corrected chi connectivity index (χ1v) is 16.8. The van der Waals surface area contributed by atoms with Gasteiger partial charge in [0.15, 0.2) is 0 Å². The van der Waals surface area contributed by atoms with Crippen molar-refractivity contribution in [3.05, 3.63) is 36.8 Å². The molecule has 1 fully saturated rings. The van der Waals surface area contributed by atoms with Crippen molar-refractivity contribution in [3.63, 3.8) is 0 Å². The smallest absolute Gasteiger partial charge is 0.325 e. The Morgan fingerprint density at radius 3 is 2.21 bits per heavy atom. The third-order valence-electron chi connectivity index (χ3n) is 6.42. The van der Waals surface area contributed by atoms with E-state index >= 15 is 0 Å². The van der Waals surface area contributed by atoms with E-state index in [1.807, 2.05) is 6.92 Å². The van der Waals surface area contributed by atoms with Gasteiger partial charge in [0.1, 0.15) is 31.0 Å². The van der Waals surface area contributed by atoms with Crippen LogP contribution in [0, 0.1) is 11.3 Å². The van der Waals surface area contributed by atoms with Crippen LogP contribution in [-0.4, -0.2) is 78.2 Å². The minimum atomic E-state index is -1.04. The zero-order chi connectivity index (χ0) is 36.9. The lowest BCUT2D eigenvalue weighted by Gasteiger charge is -2.35. The van der Waals surface area contributed by atoms with E-state index in [0.717, 1.165) is 5.92 Å². The molecule has 2 rings (SSSR count). The van der Waals surface area contributed by atoms with E-state index in [2.05, 4.69) is 62.5 Å².